The molecule has 0 aliphatic carbocycles. The van der Waals surface area contributed by atoms with Gasteiger partial charge in [0.1, 0.15) is 10.6 Å². The Morgan fingerprint density at radius 3 is 2.88 bits per heavy atom. The molecule has 16 heavy (non-hydrogen) atoms. The minimum absolute atomic E-state index is 0.308. The molecular weight excluding hydrogens is 226 g/mol. The molecule has 1 aromatic carbocycles. The van der Waals surface area contributed by atoms with E-state index >= 15 is 0 Å². The van der Waals surface area contributed by atoms with Crippen LogP contribution in [0.25, 0.3) is 10.1 Å². The van der Waals surface area contributed by atoms with Crippen LogP contribution in [-0.4, -0.2) is 18.2 Å². The first-order valence-electron chi connectivity index (χ1n) is 4.70. The Bertz CT molecular complexity index is 547. The number of hydrogen-bond acceptors (Lipinski definition) is 4. The maximum absolute atomic E-state index is 10.9. The van der Waals surface area contributed by atoms with Gasteiger partial charge in [0.05, 0.1) is 7.11 Å². The molecule has 0 bridgehead atoms. The van der Waals surface area contributed by atoms with E-state index in [4.69, 9.17) is 15.6 Å². The van der Waals surface area contributed by atoms with Crippen LogP contribution < -0.4 is 10.5 Å². The molecule has 0 fully saturated rings. The third kappa shape index (κ3) is 1.64. The Kier molecular flexibility index (Phi) is 2.80. The van der Waals surface area contributed by atoms with Gasteiger partial charge in [-0.05, 0) is 12.1 Å². The molecule has 3 N–H and O–H groups in total. The van der Waals surface area contributed by atoms with E-state index < -0.39 is 5.97 Å². The molecule has 1 heterocycles. The molecule has 2 aromatic rings. The molecule has 2 rings (SSSR count). The summed E-state index contributed by atoms with van der Waals surface area (Å²) in [4.78, 5) is 11.2. The van der Waals surface area contributed by atoms with Gasteiger partial charge in [-0.1, -0.05) is 6.07 Å². The molecule has 1 aromatic heterocycles. The molecule has 4 nitrogen and oxygen atoms in total. The van der Waals surface area contributed by atoms with E-state index in [1.807, 2.05) is 12.1 Å². The number of carboxylic acid groups (broad SMARTS) is 1. The Morgan fingerprint density at radius 1 is 1.56 bits per heavy atom. The van der Waals surface area contributed by atoms with E-state index in [9.17, 15) is 4.79 Å². The standard InChI is InChI=1S/C11H11NO3S/c1-15-10-6(5-12)2-3-8-7(10)4-9(16-8)11(13)14/h2-4H,5,12H2,1H3,(H,13,14). The number of nitrogens with two attached hydrogens (primary N) is 1. The first-order valence-corrected chi connectivity index (χ1v) is 5.51. The van der Waals surface area contributed by atoms with Crippen molar-refractivity contribution in [3.05, 3.63) is 28.6 Å². The summed E-state index contributed by atoms with van der Waals surface area (Å²) in [5, 5.41) is 9.73. The number of thiophene rings is 1. The first kappa shape index (κ1) is 10.9. The summed E-state index contributed by atoms with van der Waals surface area (Å²) in [7, 11) is 1.56. The van der Waals surface area contributed by atoms with Gasteiger partial charge in [0.15, 0.2) is 0 Å². The molecule has 0 radical (unpaired) electrons. The van der Waals surface area contributed by atoms with Crippen LogP contribution >= 0.6 is 11.3 Å². The lowest BCUT2D eigenvalue weighted by atomic mass is 10.1. The average molecular weight is 237 g/mol. The highest BCUT2D eigenvalue weighted by Gasteiger charge is 2.13. The smallest absolute Gasteiger partial charge is 0.345 e. The highest BCUT2D eigenvalue weighted by atomic mass is 32.1. The Morgan fingerprint density at radius 2 is 2.31 bits per heavy atom. The molecule has 0 atom stereocenters. The van der Waals surface area contributed by atoms with E-state index in [0.717, 1.165) is 15.6 Å². The maximum Gasteiger partial charge on any atom is 0.345 e. The molecular formula is C11H11NO3S. The monoisotopic (exact) mass is 237 g/mol. The number of fused-ring (bicyclic) bond motifs is 1. The third-order valence-electron chi connectivity index (χ3n) is 2.37. The predicted molar refractivity (Wildman–Crippen MR) is 63.2 cm³/mol. The number of rotatable bonds is 3. The molecule has 5 heteroatoms. The van der Waals surface area contributed by atoms with Gasteiger partial charge in [0.2, 0.25) is 0 Å². The average Bonchev–Trinajstić information content (AvgIpc) is 2.71. The van der Waals surface area contributed by atoms with Gasteiger partial charge in [-0.25, -0.2) is 4.79 Å². The molecule has 0 unspecified atom stereocenters. The number of methoxy groups -OCH3 is 1. The van der Waals surface area contributed by atoms with Gasteiger partial charge >= 0.3 is 5.97 Å². The molecule has 0 amide bonds. The molecule has 0 saturated carbocycles. The quantitative estimate of drug-likeness (QED) is 0.857. The van der Waals surface area contributed by atoms with Crippen molar-refractivity contribution in [2.75, 3.05) is 7.11 Å². The van der Waals surface area contributed by atoms with E-state index in [1.165, 1.54) is 11.3 Å². The lowest BCUT2D eigenvalue weighted by molar-refractivity contribution is 0.0702. The number of carboxylic acids is 1. The molecule has 0 aliphatic rings. The highest BCUT2D eigenvalue weighted by Crippen LogP contribution is 2.35. The van der Waals surface area contributed by atoms with E-state index in [0.29, 0.717) is 17.2 Å². The Hall–Kier alpha value is -1.59. The third-order valence-corrected chi connectivity index (χ3v) is 3.46. The normalized spacial score (nSPS) is 10.6. The highest BCUT2D eigenvalue weighted by molar-refractivity contribution is 7.20. The van der Waals surface area contributed by atoms with Crippen LogP contribution in [0, 0.1) is 0 Å². The van der Waals surface area contributed by atoms with Gasteiger partial charge < -0.3 is 15.6 Å². The van der Waals surface area contributed by atoms with Crippen molar-refractivity contribution >= 4 is 27.4 Å². The topological polar surface area (TPSA) is 72.5 Å². The van der Waals surface area contributed by atoms with Gasteiger partial charge in [0, 0.05) is 22.2 Å². The number of hydrogen-bond donors (Lipinski definition) is 2. The predicted octanol–water partition coefficient (Wildman–Crippen LogP) is 2.07. The second-order valence-electron chi connectivity index (χ2n) is 3.29. The van der Waals surface area contributed by atoms with Crippen molar-refractivity contribution in [1.82, 2.24) is 0 Å². The molecule has 84 valence electrons. The number of benzene rings is 1. The maximum atomic E-state index is 10.9. The zero-order chi connectivity index (χ0) is 11.7. The largest absolute Gasteiger partial charge is 0.496 e. The molecule has 0 aliphatic heterocycles. The summed E-state index contributed by atoms with van der Waals surface area (Å²) in [6.07, 6.45) is 0. The minimum Gasteiger partial charge on any atom is -0.496 e. The van der Waals surface area contributed by atoms with Crippen LogP contribution in [0.1, 0.15) is 15.2 Å². The summed E-state index contributed by atoms with van der Waals surface area (Å²) in [5.41, 5.74) is 6.47. The fourth-order valence-electron chi connectivity index (χ4n) is 1.64. The summed E-state index contributed by atoms with van der Waals surface area (Å²) >= 11 is 1.23. The van der Waals surface area contributed by atoms with Gasteiger partial charge in [0.25, 0.3) is 0 Å². The molecule has 0 spiro atoms. The van der Waals surface area contributed by atoms with Crippen LogP contribution in [0.15, 0.2) is 18.2 Å². The van der Waals surface area contributed by atoms with Gasteiger partial charge in [-0.15, -0.1) is 11.3 Å². The van der Waals surface area contributed by atoms with E-state index in [2.05, 4.69) is 0 Å². The summed E-state index contributed by atoms with van der Waals surface area (Å²) in [6, 6.07) is 5.36. The van der Waals surface area contributed by atoms with Crippen LogP contribution in [-0.2, 0) is 6.54 Å². The zero-order valence-corrected chi connectivity index (χ0v) is 9.50. The van der Waals surface area contributed by atoms with Crippen molar-refractivity contribution in [3.8, 4) is 5.75 Å². The second kappa shape index (κ2) is 4.11. The lowest BCUT2D eigenvalue weighted by Gasteiger charge is -2.07. The fourth-order valence-corrected chi connectivity index (χ4v) is 2.54. The number of ether oxygens (including phenoxy) is 1. The van der Waals surface area contributed by atoms with E-state index in [1.54, 1.807) is 13.2 Å². The Balaban J connectivity index is 2.71. The van der Waals surface area contributed by atoms with Gasteiger partial charge in [-0.3, -0.25) is 0 Å². The van der Waals surface area contributed by atoms with Crippen molar-refractivity contribution in [2.45, 2.75) is 6.54 Å². The van der Waals surface area contributed by atoms with E-state index in [-0.39, 0.29) is 0 Å². The second-order valence-corrected chi connectivity index (χ2v) is 4.37. The first-order chi connectivity index (χ1) is 7.67. The van der Waals surface area contributed by atoms with Crippen LogP contribution in [0.3, 0.4) is 0 Å². The summed E-state index contributed by atoms with van der Waals surface area (Å²) in [5.74, 6) is -0.249. The van der Waals surface area contributed by atoms with Crippen molar-refractivity contribution in [2.24, 2.45) is 5.73 Å². The van der Waals surface area contributed by atoms with Crippen LogP contribution in [0.2, 0.25) is 0 Å². The van der Waals surface area contributed by atoms with Gasteiger partial charge in [-0.2, -0.15) is 0 Å². The fraction of sp³-hybridized carbons (Fsp3) is 0.182. The molecule has 0 saturated heterocycles. The SMILES string of the molecule is COc1c(CN)ccc2sc(C(=O)O)cc12. The van der Waals surface area contributed by atoms with Crippen molar-refractivity contribution in [1.29, 1.82) is 0 Å². The lowest BCUT2D eigenvalue weighted by Crippen LogP contribution is -1.99. The van der Waals surface area contributed by atoms with Crippen LogP contribution in [0.4, 0.5) is 0 Å². The number of carbonyl (C=O) groups is 1. The van der Waals surface area contributed by atoms with Crippen molar-refractivity contribution in [3.63, 3.8) is 0 Å². The minimum atomic E-state index is -0.919. The number of aromatic carboxylic acids is 1. The van der Waals surface area contributed by atoms with Crippen LogP contribution in [0.5, 0.6) is 5.75 Å². The van der Waals surface area contributed by atoms with Crippen molar-refractivity contribution < 1.29 is 14.6 Å². The summed E-state index contributed by atoms with van der Waals surface area (Å²) in [6.45, 7) is 0.372. The summed E-state index contributed by atoms with van der Waals surface area (Å²) < 4.78 is 6.17. The zero-order valence-electron chi connectivity index (χ0n) is 8.69. The Labute approximate surface area is 96.3 Å².